The molecule has 8 nitrogen and oxygen atoms in total. The molecule has 0 N–H and O–H groups in total. The first-order valence-electron chi connectivity index (χ1n) is 11.0. The van der Waals surface area contributed by atoms with E-state index in [2.05, 4.69) is 25.0 Å². The molecule has 5 rings (SSSR count). The number of pyridine rings is 2. The Morgan fingerprint density at radius 1 is 0.800 bits per heavy atom. The number of aromatic nitrogens is 4. The molecule has 2 aromatic carbocycles. The largest absolute Gasteiger partial charge is 0.297 e. The zero-order chi connectivity index (χ0) is 23.9. The van der Waals surface area contributed by atoms with Crippen molar-refractivity contribution in [1.29, 1.82) is 0 Å². The molecule has 0 unspecified atom stereocenters. The number of carbonyl (C=O) groups is 1. The molecule has 0 saturated carbocycles. The summed E-state index contributed by atoms with van der Waals surface area (Å²) < 4.78 is 1.94. The van der Waals surface area contributed by atoms with Crippen LogP contribution in [-0.2, 0) is 4.79 Å². The van der Waals surface area contributed by atoms with E-state index in [9.17, 15) is 4.79 Å². The fourth-order valence-corrected chi connectivity index (χ4v) is 3.56. The monoisotopic (exact) mass is 459 g/mol. The van der Waals surface area contributed by atoms with Gasteiger partial charge in [0.1, 0.15) is 12.9 Å². The Morgan fingerprint density at radius 3 is 2.26 bits per heavy atom. The van der Waals surface area contributed by atoms with Gasteiger partial charge in [-0.2, -0.15) is 10.1 Å². The molecule has 3 aromatic heterocycles. The molecule has 0 saturated heterocycles. The summed E-state index contributed by atoms with van der Waals surface area (Å²) in [6.45, 7) is -0.102. The Balaban J connectivity index is 1.52. The molecule has 0 fully saturated rings. The lowest BCUT2D eigenvalue weighted by atomic mass is 10.2. The first-order valence-corrected chi connectivity index (χ1v) is 11.0. The van der Waals surface area contributed by atoms with Crippen LogP contribution >= 0.6 is 0 Å². The molecule has 0 spiro atoms. The Hall–Kier alpha value is -4.98. The predicted molar refractivity (Wildman–Crippen MR) is 137 cm³/mol. The van der Waals surface area contributed by atoms with E-state index in [1.165, 1.54) is 5.01 Å². The summed E-state index contributed by atoms with van der Waals surface area (Å²) in [5.41, 5.74) is 4.45. The normalized spacial score (nSPS) is 11.4. The minimum Gasteiger partial charge on any atom is -0.297 e. The highest BCUT2D eigenvalue weighted by molar-refractivity contribution is 5.99. The Labute approximate surface area is 202 Å². The van der Waals surface area contributed by atoms with Gasteiger partial charge in [0.25, 0.3) is 5.91 Å². The Kier molecular flexibility index (Phi) is 6.43. The summed E-state index contributed by atoms with van der Waals surface area (Å²) in [5, 5.41) is 5.87. The summed E-state index contributed by atoms with van der Waals surface area (Å²) in [6.07, 6.45) is 8.24. The van der Waals surface area contributed by atoms with Crippen molar-refractivity contribution in [3.05, 3.63) is 115 Å². The topological polar surface area (TPSA) is 88.6 Å². The minimum atomic E-state index is -0.304. The first kappa shape index (κ1) is 21.8. The van der Waals surface area contributed by atoms with Crippen molar-refractivity contribution in [2.75, 3.05) is 11.6 Å². The van der Waals surface area contributed by atoms with E-state index in [0.29, 0.717) is 17.1 Å². The molecule has 5 aromatic rings. The zero-order valence-electron chi connectivity index (χ0n) is 18.7. The van der Waals surface area contributed by atoms with Crippen molar-refractivity contribution in [3.63, 3.8) is 0 Å². The SMILES string of the molecule is O=C(CN=Cc1ccccn1)N(N=Cc1ccccn1)c1ccccc1-n1cnc2ccccc21. The quantitative estimate of drug-likeness (QED) is 0.268. The van der Waals surface area contributed by atoms with Crippen LogP contribution < -0.4 is 5.01 Å². The van der Waals surface area contributed by atoms with Gasteiger partial charge in [0.05, 0.1) is 40.0 Å². The number of imidazole rings is 1. The number of fused-ring (bicyclic) bond motifs is 1. The van der Waals surface area contributed by atoms with Gasteiger partial charge in [-0.05, 0) is 48.5 Å². The minimum absolute atomic E-state index is 0.102. The average Bonchev–Trinajstić information content (AvgIpc) is 3.34. The van der Waals surface area contributed by atoms with Crippen molar-refractivity contribution < 1.29 is 4.79 Å². The van der Waals surface area contributed by atoms with E-state index in [-0.39, 0.29) is 12.5 Å². The van der Waals surface area contributed by atoms with Gasteiger partial charge in [-0.25, -0.2) is 4.98 Å². The number of aliphatic imine (C=N–C) groups is 1. The number of nitrogens with zero attached hydrogens (tertiary/aromatic N) is 7. The molecular weight excluding hydrogens is 438 g/mol. The van der Waals surface area contributed by atoms with Crippen LogP contribution in [0.3, 0.4) is 0 Å². The van der Waals surface area contributed by atoms with Gasteiger partial charge < -0.3 is 0 Å². The zero-order valence-corrected chi connectivity index (χ0v) is 18.7. The third kappa shape index (κ3) is 5.01. The number of para-hydroxylation sites is 4. The van der Waals surface area contributed by atoms with E-state index < -0.39 is 0 Å². The summed E-state index contributed by atoms with van der Waals surface area (Å²) in [5.74, 6) is -0.304. The van der Waals surface area contributed by atoms with Crippen LogP contribution in [0.1, 0.15) is 11.4 Å². The van der Waals surface area contributed by atoms with Crippen LogP contribution in [-0.4, -0.2) is 44.4 Å². The number of hydrogen-bond acceptors (Lipinski definition) is 6. The molecule has 0 bridgehead atoms. The maximum Gasteiger partial charge on any atom is 0.269 e. The van der Waals surface area contributed by atoms with Gasteiger partial charge in [0, 0.05) is 18.6 Å². The van der Waals surface area contributed by atoms with Crippen molar-refractivity contribution in [3.8, 4) is 5.69 Å². The van der Waals surface area contributed by atoms with E-state index in [4.69, 9.17) is 0 Å². The number of carbonyl (C=O) groups excluding carboxylic acids is 1. The molecular formula is C27H21N7O. The standard InChI is InChI=1S/C27H21N7O/c35-27(19-28-17-21-9-5-7-15-29-21)34(32-18-22-10-6-8-16-30-22)26-14-4-3-13-25(26)33-20-31-23-11-1-2-12-24(23)33/h1-18,20H,19H2. The Morgan fingerprint density at radius 2 is 1.49 bits per heavy atom. The molecule has 35 heavy (non-hydrogen) atoms. The fourth-order valence-electron chi connectivity index (χ4n) is 3.56. The second-order valence-electron chi connectivity index (χ2n) is 7.52. The fraction of sp³-hybridized carbons (Fsp3) is 0.0370. The van der Waals surface area contributed by atoms with Crippen LogP contribution in [0.2, 0.25) is 0 Å². The third-order valence-corrected chi connectivity index (χ3v) is 5.19. The number of benzene rings is 2. The van der Waals surface area contributed by atoms with Gasteiger partial charge in [-0.15, -0.1) is 0 Å². The molecule has 0 radical (unpaired) electrons. The van der Waals surface area contributed by atoms with Crippen molar-refractivity contribution in [2.45, 2.75) is 0 Å². The highest BCUT2D eigenvalue weighted by Crippen LogP contribution is 2.28. The lowest BCUT2D eigenvalue weighted by molar-refractivity contribution is -0.117. The highest BCUT2D eigenvalue weighted by atomic mass is 16.2. The van der Waals surface area contributed by atoms with Crippen LogP contribution in [0.5, 0.6) is 0 Å². The molecule has 0 atom stereocenters. The third-order valence-electron chi connectivity index (χ3n) is 5.19. The van der Waals surface area contributed by atoms with E-state index >= 15 is 0 Å². The molecule has 170 valence electrons. The maximum atomic E-state index is 13.4. The van der Waals surface area contributed by atoms with Crippen LogP contribution in [0, 0.1) is 0 Å². The van der Waals surface area contributed by atoms with Gasteiger partial charge in [0.2, 0.25) is 0 Å². The summed E-state index contributed by atoms with van der Waals surface area (Å²) >= 11 is 0. The average molecular weight is 460 g/mol. The number of hydrogen-bond donors (Lipinski definition) is 0. The molecule has 8 heteroatoms. The lowest BCUT2D eigenvalue weighted by Crippen LogP contribution is -2.29. The van der Waals surface area contributed by atoms with Crippen LogP contribution in [0.4, 0.5) is 5.69 Å². The molecule has 0 aliphatic rings. The van der Waals surface area contributed by atoms with Crippen molar-refractivity contribution in [2.24, 2.45) is 10.1 Å². The van der Waals surface area contributed by atoms with Crippen molar-refractivity contribution >= 4 is 35.1 Å². The van der Waals surface area contributed by atoms with Gasteiger partial charge in [-0.3, -0.25) is 24.3 Å². The Bertz CT molecular complexity index is 1490. The molecule has 0 aliphatic carbocycles. The summed E-state index contributed by atoms with van der Waals surface area (Å²) in [4.78, 5) is 30.7. The van der Waals surface area contributed by atoms with Crippen molar-refractivity contribution in [1.82, 2.24) is 19.5 Å². The second-order valence-corrected chi connectivity index (χ2v) is 7.52. The lowest BCUT2D eigenvalue weighted by Gasteiger charge is -2.20. The van der Waals surface area contributed by atoms with E-state index in [1.807, 2.05) is 89.5 Å². The van der Waals surface area contributed by atoms with Crippen LogP contribution in [0.25, 0.3) is 16.7 Å². The maximum absolute atomic E-state index is 13.4. The predicted octanol–water partition coefficient (Wildman–Crippen LogP) is 4.30. The number of rotatable bonds is 7. The first-order chi connectivity index (χ1) is 17.3. The van der Waals surface area contributed by atoms with Crippen LogP contribution in [0.15, 0.2) is 114 Å². The number of anilines is 1. The number of amides is 1. The van der Waals surface area contributed by atoms with Gasteiger partial charge >= 0.3 is 0 Å². The molecule has 3 heterocycles. The molecule has 1 amide bonds. The smallest absolute Gasteiger partial charge is 0.269 e. The van der Waals surface area contributed by atoms with Gasteiger partial charge in [0.15, 0.2) is 0 Å². The van der Waals surface area contributed by atoms with E-state index in [0.717, 1.165) is 16.7 Å². The number of hydrazone groups is 1. The van der Waals surface area contributed by atoms with Gasteiger partial charge in [-0.1, -0.05) is 36.4 Å². The second kappa shape index (κ2) is 10.3. The highest BCUT2D eigenvalue weighted by Gasteiger charge is 2.19. The van der Waals surface area contributed by atoms with E-state index in [1.54, 1.807) is 31.2 Å². The molecule has 0 aliphatic heterocycles. The summed E-state index contributed by atoms with van der Waals surface area (Å²) in [6, 6.07) is 26.4. The summed E-state index contributed by atoms with van der Waals surface area (Å²) in [7, 11) is 0.